The number of hydrogen-bond donors (Lipinski definition) is 2. The molecule has 0 spiro atoms. The molecule has 1 aromatic rings. The number of rotatable bonds is 10. The molecule has 1 aromatic carbocycles. The lowest BCUT2D eigenvalue weighted by atomic mass is 10.1. The first-order valence-corrected chi connectivity index (χ1v) is 7.45. The first-order valence-electron chi connectivity index (χ1n) is 7.45. The van der Waals surface area contributed by atoms with Crippen LogP contribution in [0.2, 0.25) is 0 Å². The Labute approximate surface area is 121 Å². The molecular formula is C16H26N2O2. The van der Waals surface area contributed by atoms with Crippen LogP contribution in [-0.2, 0) is 11.3 Å². The summed E-state index contributed by atoms with van der Waals surface area (Å²) in [5.41, 5.74) is 3.69. The average molecular weight is 278 g/mol. The van der Waals surface area contributed by atoms with Crippen LogP contribution in [0.4, 0.5) is 0 Å². The van der Waals surface area contributed by atoms with Crippen molar-refractivity contribution in [2.24, 2.45) is 5.84 Å². The Hall–Kier alpha value is -1.39. The summed E-state index contributed by atoms with van der Waals surface area (Å²) in [6.45, 7) is 3.54. The molecule has 1 amide bonds. The highest BCUT2D eigenvalue weighted by molar-refractivity contribution is 5.93. The predicted octanol–water partition coefficient (Wildman–Crippen LogP) is 3.17. The van der Waals surface area contributed by atoms with E-state index in [9.17, 15) is 4.79 Å². The van der Waals surface area contributed by atoms with Gasteiger partial charge < -0.3 is 4.74 Å². The van der Waals surface area contributed by atoms with E-state index in [0.29, 0.717) is 12.2 Å². The quantitative estimate of drug-likeness (QED) is 0.299. The monoisotopic (exact) mass is 278 g/mol. The second-order valence-corrected chi connectivity index (χ2v) is 4.99. The van der Waals surface area contributed by atoms with Crippen LogP contribution in [0.1, 0.15) is 61.4 Å². The van der Waals surface area contributed by atoms with Gasteiger partial charge in [0.15, 0.2) is 0 Å². The van der Waals surface area contributed by atoms with Crippen molar-refractivity contribution in [1.29, 1.82) is 0 Å². The largest absolute Gasteiger partial charge is 0.377 e. The van der Waals surface area contributed by atoms with Crippen LogP contribution in [0.3, 0.4) is 0 Å². The second kappa shape index (κ2) is 10.4. The summed E-state index contributed by atoms with van der Waals surface area (Å²) < 4.78 is 5.63. The first-order chi connectivity index (χ1) is 9.77. The molecule has 20 heavy (non-hydrogen) atoms. The van der Waals surface area contributed by atoms with E-state index in [2.05, 4.69) is 12.3 Å². The van der Waals surface area contributed by atoms with Crippen LogP contribution in [0.15, 0.2) is 24.3 Å². The highest BCUT2D eigenvalue weighted by Gasteiger charge is 2.03. The summed E-state index contributed by atoms with van der Waals surface area (Å²) in [5.74, 6) is 4.84. The number of hydrogen-bond acceptors (Lipinski definition) is 3. The number of carbonyl (C=O) groups excluding carboxylic acids is 1. The normalized spacial score (nSPS) is 10.5. The van der Waals surface area contributed by atoms with Gasteiger partial charge in [-0.05, 0) is 24.1 Å². The molecule has 0 unspecified atom stereocenters. The van der Waals surface area contributed by atoms with E-state index in [4.69, 9.17) is 10.6 Å². The van der Waals surface area contributed by atoms with E-state index in [0.717, 1.165) is 18.6 Å². The van der Waals surface area contributed by atoms with E-state index in [-0.39, 0.29) is 5.91 Å². The Morgan fingerprint density at radius 1 is 1.20 bits per heavy atom. The summed E-state index contributed by atoms with van der Waals surface area (Å²) in [6, 6.07) is 7.34. The summed E-state index contributed by atoms with van der Waals surface area (Å²) in [5, 5.41) is 0. The number of nitrogen functional groups attached to an aromatic ring is 1. The highest BCUT2D eigenvalue weighted by atomic mass is 16.5. The van der Waals surface area contributed by atoms with E-state index in [1.54, 1.807) is 6.07 Å². The predicted molar refractivity (Wildman–Crippen MR) is 81.1 cm³/mol. The molecule has 0 heterocycles. The minimum absolute atomic E-state index is 0.275. The average Bonchev–Trinajstić information content (AvgIpc) is 2.49. The fraction of sp³-hybridized carbons (Fsp3) is 0.562. The fourth-order valence-electron chi connectivity index (χ4n) is 2.06. The standard InChI is InChI=1S/C16H26N2O2/c1-2-3-4-5-6-7-11-20-13-14-9-8-10-15(12-14)16(19)18-17/h8-10,12H,2-7,11,13,17H2,1H3,(H,18,19). The van der Waals surface area contributed by atoms with E-state index in [1.807, 2.05) is 18.2 Å². The van der Waals surface area contributed by atoms with Crippen LogP contribution < -0.4 is 11.3 Å². The number of amides is 1. The Kier molecular flexibility index (Phi) is 8.67. The highest BCUT2D eigenvalue weighted by Crippen LogP contribution is 2.08. The van der Waals surface area contributed by atoms with Crippen molar-refractivity contribution < 1.29 is 9.53 Å². The van der Waals surface area contributed by atoms with E-state index < -0.39 is 0 Å². The van der Waals surface area contributed by atoms with Crippen molar-refractivity contribution in [1.82, 2.24) is 5.43 Å². The van der Waals surface area contributed by atoms with Crippen molar-refractivity contribution in [2.75, 3.05) is 6.61 Å². The molecule has 0 aliphatic heterocycles. The lowest BCUT2D eigenvalue weighted by Crippen LogP contribution is -2.29. The molecule has 0 aromatic heterocycles. The van der Waals surface area contributed by atoms with Gasteiger partial charge in [-0.25, -0.2) is 5.84 Å². The minimum atomic E-state index is -0.275. The molecule has 0 fully saturated rings. The lowest BCUT2D eigenvalue weighted by molar-refractivity contribution is 0.0952. The Morgan fingerprint density at radius 2 is 1.95 bits per heavy atom. The zero-order valence-electron chi connectivity index (χ0n) is 12.4. The maximum atomic E-state index is 11.4. The lowest BCUT2D eigenvalue weighted by Gasteiger charge is -2.06. The molecule has 4 heteroatoms. The second-order valence-electron chi connectivity index (χ2n) is 4.99. The molecule has 0 saturated carbocycles. The molecular weight excluding hydrogens is 252 g/mol. The number of nitrogens with two attached hydrogens (primary N) is 1. The number of hydrazine groups is 1. The summed E-state index contributed by atoms with van der Waals surface area (Å²) in [6.07, 6.45) is 7.57. The molecule has 0 saturated heterocycles. The number of benzene rings is 1. The maximum Gasteiger partial charge on any atom is 0.265 e. The van der Waals surface area contributed by atoms with Crippen molar-refractivity contribution in [3.05, 3.63) is 35.4 Å². The molecule has 3 N–H and O–H groups in total. The third-order valence-corrected chi connectivity index (χ3v) is 3.23. The summed E-state index contributed by atoms with van der Waals surface area (Å²) in [4.78, 5) is 11.4. The first kappa shape index (κ1) is 16.7. The topological polar surface area (TPSA) is 64.3 Å². The number of nitrogens with one attached hydrogen (secondary N) is 1. The zero-order chi connectivity index (χ0) is 14.6. The number of ether oxygens (including phenoxy) is 1. The smallest absolute Gasteiger partial charge is 0.265 e. The van der Waals surface area contributed by atoms with E-state index >= 15 is 0 Å². The Bertz CT molecular complexity index is 394. The van der Waals surface area contributed by atoms with Gasteiger partial charge in [-0.3, -0.25) is 10.2 Å². The van der Waals surface area contributed by atoms with Gasteiger partial charge in [0.25, 0.3) is 5.91 Å². The molecule has 0 atom stereocenters. The van der Waals surface area contributed by atoms with Gasteiger partial charge in [-0.15, -0.1) is 0 Å². The van der Waals surface area contributed by atoms with Crippen LogP contribution in [-0.4, -0.2) is 12.5 Å². The summed E-state index contributed by atoms with van der Waals surface area (Å²) in [7, 11) is 0. The van der Waals surface area contributed by atoms with Crippen molar-refractivity contribution >= 4 is 5.91 Å². The van der Waals surface area contributed by atoms with Crippen molar-refractivity contribution in [3.8, 4) is 0 Å². The number of carbonyl (C=O) groups is 1. The van der Waals surface area contributed by atoms with Crippen LogP contribution in [0.5, 0.6) is 0 Å². The van der Waals surface area contributed by atoms with Gasteiger partial charge >= 0.3 is 0 Å². The van der Waals surface area contributed by atoms with Crippen molar-refractivity contribution in [2.45, 2.75) is 52.1 Å². The number of unbranched alkanes of at least 4 members (excludes halogenated alkanes) is 5. The molecule has 112 valence electrons. The Morgan fingerprint density at radius 3 is 2.70 bits per heavy atom. The third kappa shape index (κ3) is 6.68. The van der Waals surface area contributed by atoms with Gasteiger partial charge in [-0.1, -0.05) is 51.2 Å². The zero-order valence-corrected chi connectivity index (χ0v) is 12.4. The fourth-order valence-corrected chi connectivity index (χ4v) is 2.06. The van der Waals surface area contributed by atoms with Gasteiger partial charge in [0.2, 0.25) is 0 Å². The van der Waals surface area contributed by atoms with Crippen molar-refractivity contribution in [3.63, 3.8) is 0 Å². The van der Waals surface area contributed by atoms with Crippen LogP contribution >= 0.6 is 0 Å². The molecule has 0 bridgehead atoms. The minimum Gasteiger partial charge on any atom is -0.377 e. The van der Waals surface area contributed by atoms with Gasteiger partial charge in [0.1, 0.15) is 0 Å². The Balaban J connectivity index is 2.17. The molecule has 4 nitrogen and oxygen atoms in total. The van der Waals surface area contributed by atoms with Gasteiger partial charge in [0.05, 0.1) is 6.61 Å². The molecule has 1 rings (SSSR count). The van der Waals surface area contributed by atoms with Gasteiger partial charge in [-0.2, -0.15) is 0 Å². The van der Waals surface area contributed by atoms with Crippen LogP contribution in [0, 0.1) is 0 Å². The van der Waals surface area contributed by atoms with E-state index in [1.165, 1.54) is 32.1 Å². The third-order valence-electron chi connectivity index (χ3n) is 3.23. The molecule has 0 aliphatic carbocycles. The maximum absolute atomic E-state index is 11.4. The molecule has 0 radical (unpaired) electrons. The van der Waals surface area contributed by atoms with Gasteiger partial charge in [0, 0.05) is 12.2 Å². The SMILES string of the molecule is CCCCCCCCOCc1cccc(C(=O)NN)c1. The summed E-state index contributed by atoms with van der Waals surface area (Å²) >= 11 is 0. The van der Waals surface area contributed by atoms with Crippen LogP contribution in [0.25, 0.3) is 0 Å². The molecule has 0 aliphatic rings.